The fourth-order valence-electron chi connectivity index (χ4n) is 3.23. The third-order valence-corrected chi connectivity index (χ3v) is 3.98. The lowest BCUT2D eigenvalue weighted by molar-refractivity contribution is 0.000799. The van der Waals surface area contributed by atoms with Gasteiger partial charge >= 0.3 is 6.09 Å². The second-order valence-corrected chi connectivity index (χ2v) is 6.55. The Kier molecular flexibility index (Phi) is 3.15. The molecule has 1 fully saturated rings. The maximum atomic E-state index is 14.6. The molecule has 1 saturated heterocycles. The molecule has 6 heteroatoms. The molecule has 4 nitrogen and oxygen atoms in total. The van der Waals surface area contributed by atoms with Crippen molar-refractivity contribution in [3.05, 3.63) is 29.3 Å². The number of carbonyl (C=O) groups excluding carboxylic acids is 1. The minimum atomic E-state index is -1.40. The highest BCUT2D eigenvalue weighted by Gasteiger charge is 2.50. The number of halogens is 2. The van der Waals surface area contributed by atoms with Crippen LogP contribution in [0.15, 0.2) is 12.3 Å². The molecule has 114 valence electrons. The molecule has 0 aromatic carbocycles. The van der Waals surface area contributed by atoms with Gasteiger partial charge in [-0.25, -0.2) is 14.2 Å². The molecule has 1 aromatic rings. The van der Waals surface area contributed by atoms with Gasteiger partial charge < -0.3 is 4.74 Å². The first-order chi connectivity index (χ1) is 9.79. The topological polar surface area (TPSA) is 42.4 Å². The van der Waals surface area contributed by atoms with Crippen LogP contribution in [-0.4, -0.2) is 27.6 Å². The molecule has 3 unspecified atom stereocenters. The number of carbonyl (C=O) groups is 1. The third kappa shape index (κ3) is 2.26. The lowest BCUT2D eigenvalue weighted by atomic mass is 9.93. The van der Waals surface area contributed by atoms with E-state index in [1.165, 1.54) is 17.2 Å². The standard InChI is InChI=1S/C15H18F2N2O2/c1-15(2,3)21-14(20)19-9-4-5-10(19)12(16)8-6-7-18-13(17)11(8)9/h6-7,9-10,12H,4-5H2,1-3H3. The smallest absolute Gasteiger partial charge is 0.411 e. The van der Waals surface area contributed by atoms with Crippen LogP contribution in [0.3, 0.4) is 0 Å². The zero-order valence-electron chi connectivity index (χ0n) is 12.3. The van der Waals surface area contributed by atoms with E-state index in [4.69, 9.17) is 4.74 Å². The first-order valence-electron chi connectivity index (χ1n) is 7.09. The molecule has 0 radical (unpaired) electrons. The number of fused-ring (bicyclic) bond motifs is 4. The van der Waals surface area contributed by atoms with Crippen LogP contribution in [0.5, 0.6) is 0 Å². The van der Waals surface area contributed by atoms with E-state index in [9.17, 15) is 13.6 Å². The minimum absolute atomic E-state index is 0.199. The number of pyridine rings is 1. The summed E-state index contributed by atoms with van der Waals surface area (Å²) in [4.78, 5) is 17.3. The molecule has 0 saturated carbocycles. The number of rotatable bonds is 0. The SMILES string of the molecule is CC(C)(C)OC(=O)N1C2CCC1C(F)c1ccnc(F)c12. The van der Waals surface area contributed by atoms with Gasteiger partial charge in [0, 0.05) is 11.8 Å². The van der Waals surface area contributed by atoms with Crippen LogP contribution >= 0.6 is 0 Å². The Morgan fingerprint density at radius 3 is 2.81 bits per heavy atom. The molecular formula is C15H18F2N2O2. The lowest BCUT2D eigenvalue weighted by Crippen LogP contribution is -2.46. The van der Waals surface area contributed by atoms with Crippen LogP contribution in [0, 0.1) is 5.95 Å². The van der Waals surface area contributed by atoms with Gasteiger partial charge in [0.25, 0.3) is 0 Å². The molecule has 3 heterocycles. The largest absolute Gasteiger partial charge is 0.444 e. The summed E-state index contributed by atoms with van der Waals surface area (Å²) in [5, 5.41) is 0. The Bertz CT molecular complexity index is 586. The number of nitrogens with zero attached hydrogens (tertiary/aromatic N) is 2. The van der Waals surface area contributed by atoms with Crippen molar-refractivity contribution in [1.29, 1.82) is 0 Å². The van der Waals surface area contributed by atoms with E-state index in [1.54, 1.807) is 20.8 Å². The van der Waals surface area contributed by atoms with Crippen LogP contribution in [0.2, 0.25) is 0 Å². The second kappa shape index (κ2) is 4.64. The van der Waals surface area contributed by atoms with Gasteiger partial charge in [0.05, 0.1) is 12.1 Å². The Morgan fingerprint density at radius 1 is 1.43 bits per heavy atom. The number of hydrogen-bond donors (Lipinski definition) is 0. The summed E-state index contributed by atoms with van der Waals surface area (Å²) in [6.07, 6.45) is 0.304. The first-order valence-corrected chi connectivity index (χ1v) is 7.09. The molecule has 3 rings (SSSR count). The number of amides is 1. The predicted molar refractivity (Wildman–Crippen MR) is 71.9 cm³/mol. The summed E-state index contributed by atoms with van der Waals surface area (Å²) in [6.45, 7) is 5.25. The molecule has 1 amide bonds. The van der Waals surface area contributed by atoms with Crippen molar-refractivity contribution in [2.45, 2.75) is 57.5 Å². The Labute approximate surface area is 122 Å². The van der Waals surface area contributed by atoms with Crippen LogP contribution < -0.4 is 0 Å². The zero-order chi connectivity index (χ0) is 15.4. The van der Waals surface area contributed by atoms with Crippen molar-refractivity contribution in [2.24, 2.45) is 0 Å². The van der Waals surface area contributed by atoms with Crippen molar-refractivity contribution in [3.63, 3.8) is 0 Å². The van der Waals surface area contributed by atoms with Gasteiger partial charge in [0.15, 0.2) is 0 Å². The van der Waals surface area contributed by atoms with E-state index in [2.05, 4.69) is 4.98 Å². The molecule has 0 spiro atoms. The lowest BCUT2D eigenvalue weighted by Gasteiger charge is -2.38. The molecule has 2 aliphatic heterocycles. The second-order valence-electron chi connectivity index (χ2n) is 6.55. The number of ether oxygens (including phenoxy) is 1. The van der Waals surface area contributed by atoms with E-state index in [0.717, 1.165) is 0 Å². The van der Waals surface area contributed by atoms with E-state index in [-0.39, 0.29) is 5.56 Å². The molecule has 1 aromatic heterocycles. The minimum Gasteiger partial charge on any atom is -0.444 e. The molecule has 0 aliphatic carbocycles. The molecular weight excluding hydrogens is 278 g/mol. The zero-order valence-corrected chi connectivity index (χ0v) is 12.3. The van der Waals surface area contributed by atoms with Crippen molar-refractivity contribution in [3.8, 4) is 0 Å². The van der Waals surface area contributed by atoms with Crippen LogP contribution in [0.1, 0.15) is 57.0 Å². The maximum absolute atomic E-state index is 14.6. The number of hydrogen-bond acceptors (Lipinski definition) is 3. The highest BCUT2D eigenvalue weighted by atomic mass is 19.1. The van der Waals surface area contributed by atoms with E-state index in [1.807, 2.05) is 0 Å². The number of alkyl halides is 1. The summed E-state index contributed by atoms with van der Waals surface area (Å²) in [5.41, 5.74) is -0.157. The van der Waals surface area contributed by atoms with Gasteiger partial charge in [0.2, 0.25) is 5.95 Å². The summed E-state index contributed by atoms with van der Waals surface area (Å²) < 4.78 is 34.0. The Balaban J connectivity index is 2.00. The average molecular weight is 296 g/mol. The summed E-state index contributed by atoms with van der Waals surface area (Å²) >= 11 is 0. The average Bonchev–Trinajstić information content (AvgIpc) is 2.74. The maximum Gasteiger partial charge on any atom is 0.411 e. The molecule has 2 bridgehead atoms. The van der Waals surface area contributed by atoms with Gasteiger partial charge in [-0.3, -0.25) is 4.90 Å². The van der Waals surface area contributed by atoms with E-state index < -0.39 is 35.9 Å². The van der Waals surface area contributed by atoms with E-state index >= 15 is 0 Å². The van der Waals surface area contributed by atoms with Crippen molar-refractivity contribution in [1.82, 2.24) is 9.88 Å². The molecule has 21 heavy (non-hydrogen) atoms. The van der Waals surface area contributed by atoms with Crippen molar-refractivity contribution in [2.75, 3.05) is 0 Å². The van der Waals surface area contributed by atoms with Crippen LogP contribution in [-0.2, 0) is 4.74 Å². The highest BCUT2D eigenvalue weighted by molar-refractivity contribution is 5.71. The quantitative estimate of drug-likeness (QED) is 0.686. The Hall–Kier alpha value is -1.72. The first kappa shape index (κ1) is 14.2. The number of aromatic nitrogens is 1. The monoisotopic (exact) mass is 296 g/mol. The normalized spacial score (nSPS) is 27.5. The highest BCUT2D eigenvalue weighted by Crippen LogP contribution is 2.50. The van der Waals surface area contributed by atoms with Crippen LogP contribution in [0.25, 0.3) is 0 Å². The third-order valence-electron chi connectivity index (χ3n) is 3.98. The van der Waals surface area contributed by atoms with Crippen molar-refractivity contribution >= 4 is 6.09 Å². The fourth-order valence-corrected chi connectivity index (χ4v) is 3.23. The van der Waals surface area contributed by atoms with Crippen LogP contribution in [0.4, 0.5) is 13.6 Å². The van der Waals surface area contributed by atoms with Gasteiger partial charge in [-0.1, -0.05) is 0 Å². The van der Waals surface area contributed by atoms with Gasteiger partial charge in [-0.05, 0) is 45.2 Å². The van der Waals surface area contributed by atoms with E-state index in [0.29, 0.717) is 18.4 Å². The molecule has 0 N–H and O–H groups in total. The predicted octanol–water partition coefficient (Wildman–Crippen LogP) is 3.69. The fraction of sp³-hybridized carbons (Fsp3) is 0.600. The molecule has 3 atom stereocenters. The molecule has 2 aliphatic rings. The van der Waals surface area contributed by atoms with Crippen molar-refractivity contribution < 1.29 is 18.3 Å². The summed E-state index contributed by atoms with van der Waals surface area (Å²) in [6, 6.07) is 0.431. The van der Waals surface area contributed by atoms with Gasteiger partial charge in [-0.15, -0.1) is 0 Å². The summed E-state index contributed by atoms with van der Waals surface area (Å²) in [5.74, 6) is -0.700. The Morgan fingerprint density at radius 2 is 2.14 bits per heavy atom. The summed E-state index contributed by atoms with van der Waals surface area (Å²) in [7, 11) is 0. The van der Waals surface area contributed by atoms with Gasteiger partial charge in [0.1, 0.15) is 11.8 Å². The van der Waals surface area contributed by atoms with Gasteiger partial charge in [-0.2, -0.15) is 4.39 Å².